The smallest absolute Gasteiger partial charge is 0.295 e. The lowest BCUT2D eigenvalue weighted by molar-refractivity contribution is -0.140. The van der Waals surface area contributed by atoms with Crippen LogP contribution in [0.2, 0.25) is 5.02 Å². The number of ketones is 1. The Bertz CT molecular complexity index is 1020. The molecule has 1 fully saturated rings. The van der Waals surface area contributed by atoms with Gasteiger partial charge in [0.15, 0.2) is 0 Å². The van der Waals surface area contributed by atoms with Crippen LogP contribution < -0.4 is 4.74 Å². The minimum absolute atomic E-state index is 0.0475. The van der Waals surface area contributed by atoms with Gasteiger partial charge in [0.2, 0.25) is 0 Å². The highest BCUT2D eigenvalue weighted by Gasteiger charge is 2.45. The Kier molecular flexibility index (Phi) is 7.41. The molecular formula is C23H24BrClN2O4. The largest absolute Gasteiger partial charge is 0.507 e. The summed E-state index contributed by atoms with van der Waals surface area (Å²) in [6.45, 7) is 3.22. The predicted molar refractivity (Wildman–Crippen MR) is 124 cm³/mol. The van der Waals surface area contributed by atoms with E-state index in [4.69, 9.17) is 16.3 Å². The molecule has 1 unspecified atom stereocenters. The Morgan fingerprint density at radius 2 is 1.87 bits per heavy atom. The van der Waals surface area contributed by atoms with Crippen LogP contribution in [0.3, 0.4) is 0 Å². The first kappa shape index (κ1) is 23.3. The molecule has 1 aliphatic rings. The number of carbonyl (C=O) groups excluding carboxylic acids is 2. The number of aliphatic hydroxyl groups is 1. The standard InChI is InChI=1S/C23H24BrClN2O4/c1-4-31-18-10-7-15(13-17(18)25)21(28)19-20(14-5-8-16(24)9-6-14)27(12-11-26(2)3)23(30)22(19)29/h5-10,13,20,28H,4,11-12H2,1-3H3/b21-19-. The Labute approximate surface area is 195 Å². The number of halogens is 2. The summed E-state index contributed by atoms with van der Waals surface area (Å²) >= 11 is 9.69. The summed E-state index contributed by atoms with van der Waals surface area (Å²) in [6.07, 6.45) is 0. The van der Waals surface area contributed by atoms with Crippen LogP contribution in [-0.4, -0.2) is 60.4 Å². The fourth-order valence-corrected chi connectivity index (χ4v) is 3.99. The number of likely N-dealkylation sites (tertiary alicyclic amines) is 1. The van der Waals surface area contributed by atoms with E-state index in [0.29, 0.717) is 36.0 Å². The van der Waals surface area contributed by atoms with Gasteiger partial charge >= 0.3 is 0 Å². The van der Waals surface area contributed by atoms with Gasteiger partial charge in [0, 0.05) is 23.1 Å². The number of nitrogens with zero attached hydrogens (tertiary/aromatic N) is 2. The Morgan fingerprint density at radius 3 is 2.45 bits per heavy atom. The zero-order valence-electron chi connectivity index (χ0n) is 17.6. The molecule has 31 heavy (non-hydrogen) atoms. The van der Waals surface area contributed by atoms with Gasteiger partial charge in [-0.25, -0.2) is 0 Å². The SMILES string of the molecule is CCOc1ccc(/C(O)=C2/C(=O)C(=O)N(CCN(C)C)C2c2ccc(Br)cc2)cc1Cl. The van der Waals surface area contributed by atoms with Crippen LogP contribution in [0.4, 0.5) is 0 Å². The van der Waals surface area contributed by atoms with Crippen molar-refractivity contribution in [3.63, 3.8) is 0 Å². The Morgan fingerprint density at radius 1 is 1.19 bits per heavy atom. The quantitative estimate of drug-likeness (QED) is 0.340. The van der Waals surface area contributed by atoms with Gasteiger partial charge in [-0.3, -0.25) is 9.59 Å². The van der Waals surface area contributed by atoms with Crippen LogP contribution in [0.1, 0.15) is 24.1 Å². The van der Waals surface area contributed by atoms with Gasteiger partial charge in [-0.05, 0) is 56.9 Å². The maximum absolute atomic E-state index is 13.0. The van der Waals surface area contributed by atoms with Crippen LogP contribution in [0.15, 0.2) is 52.5 Å². The van der Waals surface area contributed by atoms with Gasteiger partial charge in [-0.1, -0.05) is 39.7 Å². The molecule has 2 aromatic carbocycles. The van der Waals surface area contributed by atoms with E-state index in [9.17, 15) is 14.7 Å². The van der Waals surface area contributed by atoms with Crippen LogP contribution >= 0.6 is 27.5 Å². The highest BCUT2D eigenvalue weighted by molar-refractivity contribution is 9.10. The van der Waals surface area contributed by atoms with Gasteiger partial charge in [0.1, 0.15) is 11.5 Å². The maximum Gasteiger partial charge on any atom is 0.295 e. The number of Topliss-reactive ketones (excluding diaryl/α,β-unsaturated/α-hetero) is 1. The molecule has 164 valence electrons. The normalized spacial score (nSPS) is 18.1. The molecule has 0 radical (unpaired) electrons. The number of hydrogen-bond acceptors (Lipinski definition) is 5. The average Bonchev–Trinajstić information content (AvgIpc) is 2.98. The molecule has 0 aliphatic carbocycles. The molecule has 0 saturated carbocycles. The summed E-state index contributed by atoms with van der Waals surface area (Å²) in [5, 5.41) is 11.4. The van der Waals surface area contributed by atoms with Crippen molar-refractivity contribution >= 4 is 45.0 Å². The highest BCUT2D eigenvalue weighted by Crippen LogP contribution is 2.40. The molecule has 1 heterocycles. The minimum atomic E-state index is -0.714. The van der Waals surface area contributed by atoms with Crippen molar-refractivity contribution in [1.29, 1.82) is 0 Å². The minimum Gasteiger partial charge on any atom is -0.507 e. The molecule has 0 aromatic heterocycles. The number of aliphatic hydroxyl groups excluding tert-OH is 1. The van der Waals surface area contributed by atoms with Gasteiger partial charge < -0.3 is 19.6 Å². The van der Waals surface area contributed by atoms with E-state index in [1.807, 2.05) is 50.2 Å². The summed E-state index contributed by atoms with van der Waals surface area (Å²) in [6, 6.07) is 11.5. The number of benzene rings is 2. The first-order chi connectivity index (χ1) is 14.7. The summed E-state index contributed by atoms with van der Waals surface area (Å²) in [5.74, 6) is -1.12. The van der Waals surface area contributed by atoms with Crippen LogP contribution in [0, 0.1) is 0 Å². The second-order valence-electron chi connectivity index (χ2n) is 7.43. The molecule has 2 aromatic rings. The molecule has 6 nitrogen and oxygen atoms in total. The van der Waals surface area contributed by atoms with Gasteiger partial charge in [-0.2, -0.15) is 0 Å². The first-order valence-electron chi connectivity index (χ1n) is 9.86. The molecule has 3 rings (SSSR count). The summed E-state index contributed by atoms with van der Waals surface area (Å²) in [5.41, 5.74) is 1.13. The molecule has 1 N–H and O–H groups in total. The van der Waals surface area contributed by atoms with Crippen LogP contribution in [0.25, 0.3) is 5.76 Å². The molecule has 0 spiro atoms. The lowest BCUT2D eigenvalue weighted by Gasteiger charge is -2.26. The third-order valence-corrected chi connectivity index (χ3v) is 5.84. The second-order valence-corrected chi connectivity index (χ2v) is 8.75. The van der Waals surface area contributed by atoms with Gasteiger partial charge in [0.05, 0.1) is 23.2 Å². The monoisotopic (exact) mass is 506 g/mol. The molecule has 8 heteroatoms. The molecule has 0 bridgehead atoms. The second kappa shape index (κ2) is 9.85. The number of ether oxygens (including phenoxy) is 1. The number of likely N-dealkylation sites (N-methyl/N-ethyl adjacent to an activating group) is 1. The number of hydrogen-bond donors (Lipinski definition) is 1. The first-order valence-corrected chi connectivity index (χ1v) is 11.0. The third-order valence-electron chi connectivity index (χ3n) is 5.02. The number of carbonyl (C=O) groups is 2. The van der Waals surface area contributed by atoms with E-state index < -0.39 is 17.7 Å². The van der Waals surface area contributed by atoms with E-state index in [0.717, 1.165) is 10.0 Å². The molecule has 1 saturated heterocycles. The molecule has 1 aliphatic heterocycles. The van der Waals surface area contributed by atoms with Gasteiger partial charge in [-0.15, -0.1) is 0 Å². The number of amides is 1. The fourth-order valence-electron chi connectivity index (χ4n) is 3.49. The topological polar surface area (TPSA) is 70.1 Å². The molecule has 1 amide bonds. The Balaban J connectivity index is 2.12. The van der Waals surface area contributed by atoms with E-state index in [1.165, 1.54) is 11.0 Å². The lowest BCUT2D eigenvalue weighted by Crippen LogP contribution is -2.35. The van der Waals surface area contributed by atoms with E-state index in [2.05, 4.69) is 15.9 Å². The van der Waals surface area contributed by atoms with E-state index in [-0.39, 0.29) is 11.3 Å². The fraction of sp³-hybridized carbons (Fsp3) is 0.304. The van der Waals surface area contributed by atoms with Crippen LogP contribution in [-0.2, 0) is 9.59 Å². The lowest BCUT2D eigenvalue weighted by atomic mass is 9.95. The van der Waals surface area contributed by atoms with Crippen molar-refractivity contribution in [1.82, 2.24) is 9.80 Å². The van der Waals surface area contributed by atoms with Crippen molar-refractivity contribution in [2.24, 2.45) is 0 Å². The molecular weight excluding hydrogens is 484 g/mol. The molecule has 1 atom stereocenters. The zero-order valence-corrected chi connectivity index (χ0v) is 19.9. The highest BCUT2D eigenvalue weighted by atomic mass is 79.9. The Hall–Kier alpha value is -2.35. The number of rotatable bonds is 7. The average molecular weight is 508 g/mol. The van der Waals surface area contributed by atoms with Crippen molar-refractivity contribution < 1.29 is 19.4 Å². The van der Waals surface area contributed by atoms with Crippen molar-refractivity contribution in [3.05, 3.63) is 68.7 Å². The van der Waals surface area contributed by atoms with E-state index >= 15 is 0 Å². The van der Waals surface area contributed by atoms with Crippen LogP contribution in [0.5, 0.6) is 5.75 Å². The van der Waals surface area contributed by atoms with Gasteiger partial charge in [0.25, 0.3) is 11.7 Å². The van der Waals surface area contributed by atoms with Crippen molar-refractivity contribution in [2.45, 2.75) is 13.0 Å². The predicted octanol–water partition coefficient (Wildman–Crippen LogP) is 4.48. The summed E-state index contributed by atoms with van der Waals surface area (Å²) in [4.78, 5) is 29.3. The maximum atomic E-state index is 13.0. The van der Waals surface area contributed by atoms with Crippen molar-refractivity contribution in [2.75, 3.05) is 33.8 Å². The zero-order chi connectivity index (χ0) is 22.7. The van der Waals surface area contributed by atoms with E-state index in [1.54, 1.807) is 12.1 Å². The van der Waals surface area contributed by atoms with Crippen molar-refractivity contribution in [3.8, 4) is 5.75 Å². The summed E-state index contributed by atoms with van der Waals surface area (Å²) < 4.78 is 6.31. The third kappa shape index (κ3) is 4.95. The summed E-state index contributed by atoms with van der Waals surface area (Å²) in [7, 11) is 3.79.